The number of fused-ring (bicyclic) bond motifs is 1. The van der Waals surface area contributed by atoms with Gasteiger partial charge in [0.05, 0.1) is 11.5 Å². The second-order valence-electron chi connectivity index (χ2n) is 7.64. The van der Waals surface area contributed by atoms with E-state index < -0.39 is 0 Å². The predicted molar refractivity (Wildman–Crippen MR) is 117 cm³/mol. The first-order valence-corrected chi connectivity index (χ1v) is 10.3. The first kappa shape index (κ1) is 20.8. The number of ether oxygens (including phenoxy) is 2. The van der Waals surface area contributed by atoms with E-state index in [0.717, 1.165) is 35.1 Å². The molecule has 0 bridgehead atoms. The van der Waals surface area contributed by atoms with Gasteiger partial charge in [0.2, 0.25) is 0 Å². The minimum atomic E-state index is -0.310. The van der Waals surface area contributed by atoms with E-state index in [1.54, 1.807) is 18.2 Å². The van der Waals surface area contributed by atoms with Gasteiger partial charge in [-0.05, 0) is 49.4 Å². The number of nitro benzene ring substituents is 1. The van der Waals surface area contributed by atoms with Crippen molar-refractivity contribution < 1.29 is 19.2 Å². The van der Waals surface area contributed by atoms with Gasteiger partial charge in [0.1, 0.15) is 18.1 Å². The summed E-state index contributed by atoms with van der Waals surface area (Å²) >= 11 is 0. The average molecular weight is 417 g/mol. The largest absolute Gasteiger partial charge is 0.457 e. The number of rotatable bonds is 8. The molecule has 6 heteroatoms. The minimum Gasteiger partial charge on any atom is -0.457 e. The predicted octanol–water partition coefficient (Wildman–Crippen LogP) is 5.58. The summed E-state index contributed by atoms with van der Waals surface area (Å²) in [6.45, 7) is 2.13. The lowest BCUT2D eigenvalue weighted by atomic mass is 10.0. The fraction of sp³-hybridized carbons (Fsp3) is 0.240. The first-order valence-electron chi connectivity index (χ1n) is 10.3. The van der Waals surface area contributed by atoms with Crippen molar-refractivity contribution in [1.29, 1.82) is 0 Å². The van der Waals surface area contributed by atoms with E-state index in [1.165, 1.54) is 0 Å². The van der Waals surface area contributed by atoms with Crippen molar-refractivity contribution in [3.63, 3.8) is 0 Å². The molecular formula is C25H23NO5. The molecule has 0 atom stereocenters. The molecule has 6 nitrogen and oxygen atoms in total. The zero-order chi connectivity index (χ0) is 21.8. The number of hydrogen-bond donors (Lipinski definition) is 0. The summed E-state index contributed by atoms with van der Waals surface area (Å²) < 4.78 is 11.8. The van der Waals surface area contributed by atoms with Gasteiger partial charge in [0, 0.05) is 22.8 Å². The molecule has 0 amide bonds. The lowest BCUT2D eigenvalue weighted by Gasteiger charge is -2.15. The molecule has 1 aliphatic carbocycles. The molecule has 0 heterocycles. The maximum Gasteiger partial charge on any atom is 0.273 e. The van der Waals surface area contributed by atoms with E-state index in [2.05, 4.69) is 0 Å². The Morgan fingerprint density at radius 3 is 2.58 bits per heavy atom. The Hall–Kier alpha value is -3.51. The van der Waals surface area contributed by atoms with Crippen molar-refractivity contribution in [2.45, 2.75) is 32.8 Å². The summed E-state index contributed by atoms with van der Waals surface area (Å²) in [5, 5.41) is 11.4. The van der Waals surface area contributed by atoms with Crippen LogP contribution < -0.4 is 4.74 Å². The summed E-state index contributed by atoms with van der Waals surface area (Å²) in [5.74, 6) is 1.28. The molecule has 4 rings (SSSR count). The van der Waals surface area contributed by atoms with Gasteiger partial charge >= 0.3 is 0 Å². The Morgan fingerprint density at radius 1 is 1.03 bits per heavy atom. The molecule has 0 N–H and O–H groups in total. The third kappa shape index (κ3) is 4.64. The van der Waals surface area contributed by atoms with Crippen molar-refractivity contribution in [1.82, 2.24) is 0 Å². The number of hydrogen-bond acceptors (Lipinski definition) is 5. The van der Waals surface area contributed by atoms with Crippen LogP contribution in [0.3, 0.4) is 0 Å². The molecule has 3 aromatic carbocycles. The number of benzene rings is 3. The molecule has 0 saturated carbocycles. The summed E-state index contributed by atoms with van der Waals surface area (Å²) in [5.41, 5.74) is 4.16. The van der Waals surface area contributed by atoms with E-state index in [4.69, 9.17) is 9.47 Å². The number of aryl methyl sites for hydroxylation is 1. The van der Waals surface area contributed by atoms with Gasteiger partial charge in [-0.1, -0.05) is 42.5 Å². The van der Waals surface area contributed by atoms with Crippen LogP contribution in [-0.2, 0) is 24.2 Å². The van der Waals surface area contributed by atoms with E-state index in [-0.39, 0.29) is 29.6 Å². The molecule has 0 spiro atoms. The van der Waals surface area contributed by atoms with Crippen molar-refractivity contribution in [2.75, 3.05) is 6.61 Å². The maximum atomic E-state index is 12.2. The standard InChI is InChI=1S/C25H23NO5/c1-17-13-23(26(28)29)21-11-6-12-22(21)25(17)31-20-10-5-7-18(14-20)15-30-16-24(27)19-8-3-2-4-9-19/h2-5,7-10,13-14H,6,11-12,15-16H2,1H3. The van der Waals surface area contributed by atoms with Crippen molar-refractivity contribution in [3.8, 4) is 11.5 Å². The molecule has 0 saturated heterocycles. The number of ketones is 1. The summed E-state index contributed by atoms with van der Waals surface area (Å²) in [4.78, 5) is 23.2. The zero-order valence-electron chi connectivity index (χ0n) is 17.3. The molecule has 1 aliphatic rings. The maximum absolute atomic E-state index is 12.2. The number of nitrogens with zero attached hydrogens (tertiary/aromatic N) is 1. The number of Topliss-reactive ketones (excluding diaryl/α,β-unsaturated/α-hetero) is 1. The van der Waals surface area contributed by atoms with E-state index in [0.29, 0.717) is 23.5 Å². The van der Waals surface area contributed by atoms with Gasteiger partial charge in [-0.2, -0.15) is 0 Å². The fourth-order valence-electron chi connectivity index (χ4n) is 3.96. The van der Waals surface area contributed by atoms with Gasteiger partial charge < -0.3 is 9.47 Å². The summed E-state index contributed by atoms with van der Waals surface area (Å²) in [6, 6.07) is 18.1. The van der Waals surface area contributed by atoms with Crippen LogP contribution in [0.4, 0.5) is 5.69 Å². The average Bonchev–Trinajstić information content (AvgIpc) is 3.26. The monoisotopic (exact) mass is 417 g/mol. The van der Waals surface area contributed by atoms with Gasteiger partial charge in [-0.25, -0.2) is 0 Å². The second-order valence-corrected chi connectivity index (χ2v) is 7.64. The van der Waals surface area contributed by atoms with Crippen LogP contribution in [0.2, 0.25) is 0 Å². The molecule has 31 heavy (non-hydrogen) atoms. The highest BCUT2D eigenvalue weighted by Gasteiger charge is 2.27. The number of carbonyl (C=O) groups excluding carboxylic acids is 1. The van der Waals surface area contributed by atoms with Gasteiger partial charge in [0.25, 0.3) is 5.69 Å². The Kier molecular flexibility index (Phi) is 6.09. The summed E-state index contributed by atoms with van der Waals surface area (Å²) in [6.07, 6.45) is 2.36. The van der Waals surface area contributed by atoms with Gasteiger partial charge in [-0.15, -0.1) is 0 Å². The Bertz CT molecular complexity index is 1120. The lowest BCUT2D eigenvalue weighted by molar-refractivity contribution is -0.385. The molecule has 0 unspecified atom stereocenters. The highest BCUT2D eigenvalue weighted by Crippen LogP contribution is 2.41. The number of nitro groups is 1. The highest BCUT2D eigenvalue weighted by molar-refractivity contribution is 5.96. The fourth-order valence-corrected chi connectivity index (χ4v) is 3.96. The van der Waals surface area contributed by atoms with Gasteiger partial charge in [-0.3, -0.25) is 14.9 Å². The van der Waals surface area contributed by atoms with Crippen LogP contribution in [-0.4, -0.2) is 17.3 Å². The quantitative estimate of drug-likeness (QED) is 0.271. The first-order chi connectivity index (χ1) is 15.0. The summed E-state index contributed by atoms with van der Waals surface area (Å²) in [7, 11) is 0. The second kappa shape index (κ2) is 9.10. The SMILES string of the molecule is Cc1cc([N+](=O)[O-])c2c(c1Oc1cccc(COCC(=O)c3ccccc3)c1)CCC2. The molecule has 0 fully saturated rings. The van der Waals surface area contributed by atoms with E-state index in [9.17, 15) is 14.9 Å². The Morgan fingerprint density at radius 2 is 1.81 bits per heavy atom. The molecule has 3 aromatic rings. The zero-order valence-corrected chi connectivity index (χ0v) is 17.3. The molecule has 0 radical (unpaired) electrons. The van der Waals surface area contributed by atoms with E-state index in [1.807, 2.05) is 49.4 Å². The van der Waals surface area contributed by atoms with E-state index >= 15 is 0 Å². The topological polar surface area (TPSA) is 78.7 Å². The van der Waals surface area contributed by atoms with Gasteiger partial charge in [0.15, 0.2) is 5.78 Å². The lowest BCUT2D eigenvalue weighted by Crippen LogP contribution is -2.08. The smallest absolute Gasteiger partial charge is 0.273 e. The Labute approximate surface area is 180 Å². The van der Waals surface area contributed by atoms with Crippen LogP contribution in [0.25, 0.3) is 0 Å². The van der Waals surface area contributed by atoms with Crippen LogP contribution >= 0.6 is 0 Å². The Balaban J connectivity index is 1.45. The van der Waals surface area contributed by atoms with Crippen LogP contribution in [0.15, 0.2) is 60.7 Å². The van der Waals surface area contributed by atoms with Crippen LogP contribution in [0.1, 0.15) is 39.0 Å². The van der Waals surface area contributed by atoms with Crippen LogP contribution in [0.5, 0.6) is 11.5 Å². The van der Waals surface area contributed by atoms with Crippen molar-refractivity contribution >= 4 is 11.5 Å². The molecular weight excluding hydrogens is 394 g/mol. The van der Waals surface area contributed by atoms with Crippen molar-refractivity contribution in [2.24, 2.45) is 0 Å². The normalized spacial score (nSPS) is 12.4. The third-order valence-electron chi connectivity index (χ3n) is 5.43. The van der Waals surface area contributed by atoms with Crippen molar-refractivity contribution in [3.05, 3.63) is 98.6 Å². The minimum absolute atomic E-state index is 0.00403. The van der Waals surface area contributed by atoms with Crippen LogP contribution in [0, 0.1) is 17.0 Å². The molecule has 0 aromatic heterocycles. The highest BCUT2D eigenvalue weighted by atomic mass is 16.6. The molecule has 0 aliphatic heterocycles. The third-order valence-corrected chi connectivity index (χ3v) is 5.43. The number of carbonyl (C=O) groups is 1. The molecule has 158 valence electrons.